The zero-order chi connectivity index (χ0) is 99.6. The fourth-order valence-corrected chi connectivity index (χ4v) is 16.5. The van der Waals surface area contributed by atoms with Gasteiger partial charge in [-0.3, -0.25) is 43.2 Å². The van der Waals surface area contributed by atoms with Gasteiger partial charge in [-0.1, -0.05) is 95.3 Å². The molecule has 3 aromatic carbocycles. The van der Waals surface area contributed by atoms with Crippen LogP contribution >= 0.6 is 0 Å². The van der Waals surface area contributed by atoms with Gasteiger partial charge in [0, 0.05) is 63.0 Å². The number of esters is 3. The lowest BCUT2D eigenvalue weighted by molar-refractivity contribution is -0.340. The van der Waals surface area contributed by atoms with Crippen LogP contribution in [-0.2, 0) is 145 Å². The van der Waals surface area contributed by atoms with Gasteiger partial charge < -0.3 is 138 Å². The molecule has 1 saturated heterocycles. The number of aliphatic hydroxyl groups is 2. The first kappa shape index (κ1) is 113. The molecule has 7 amide bonds. The Labute approximate surface area is 792 Å². The molecule has 136 heavy (non-hydrogen) atoms. The highest BCUT2D eigenvalue weighted by atomic mass is 16.7. The first-order chi connectivity index (χ1) is 64.8. The molecule has 758 valence electrons. The highest BCUT2D eigenvalue weighted by molar-refractivity contribution is 6.01. The van der Waals surface area contributed by atoms with Crippen molar-refractivity contribution in [1.82, 2.24) is 26.6 Å². The van der Waals surface area contributed by atoms with E-state index in [4.69, 9.17) is 95.7 Å². The van der Waals surface area contributed by atoms with E-state index >= 15 is 9.59 Å². The quantitative estimate of drug-likeness (QED) is 0.0162. The summed E-state index contributed by atoms with van der Waals surface area (Å²) in [4.78, 5) is 181. The van der Waals surface area contributed by atoms with Crippen LogP contribution in [0.5, 0.6) is 0 Å². The van der Waals surface area contributed by atoms with Gasteiger partial charge in [0.1, 0.15) is 73.6 Å². The summed E-state index contributed by atoms with van der Waals surface area (Å²) < 4.78 is 107. The summed E-state index contributed by atoms with van der Waals surface area (Å²) in [7, 11) is 3.19. The lowest BCUT2D eigenvalue weighted by atomic mass is 9.43. The average Bonchev–Trinajstić information content (AvgIpc) is 0.667. The lowest BCUT2D eigenvalue weighted by Crippen LogP contribution is -2.80. The topological polar surface area (TPSA) is 536 Å². The van der Waals surface area contributed by atoms with Gasteiger partial charge in [-0.25, -0.2) is 19.2 Å². The number of anilines is 1. The maximum atomic E-state index is 15.7. The molecule has 15 atom stereocenters. The Balaban J connectivity index is 0.969. The van der Waals surface area contributed by atoms with Crippen molar-refractivity contribution in [3.8, 4) is 0 Å². The summed E-state index contributed by atoms with van der Waals surface area (Å²) >= 11 is 0. The van der Waals surface area contributed by atoms with Crippen LogP contribution in [0.15, 0.2) is 96.1 Å². The highest BCUT2D eigenvalue weighted by Crippen LogP contribution is 2.65. The predicted molar refractivity (Wildman–Crippen MR) is 484 cm³/mol. The molecule has 3 fully saturated rings. The Kier molecular flexibility index (Phi) is 47.1. The number of methoxy groups -OCH3 is 2. The van der Waals surface area contributed by atoms with Gasteiger partial charge in [-0.15, -0.1) is 0 Å². The zero-order valence-corrected chi connectivity index (χ0v) is 80.2. The number of aliphatic hydroxyl groups excluding tert-OH is 1. The van der Waals surface area contributed by atoms with Crippen LogP contribution in [0.1, 0.15) is 149 Å². The van der Waals surface area contributed by atoms with E-state index in [0.717, 1.165) is 0 Å². The summed E-state index contributed by atoms with van der Waals surface area (Å²) in [5, 5.41) is 42.5. The van der Waals surface area contributed by atoms with E-state index in [0.29, 0.717) is 105 Å². The van der Waals surface area contributed by atoms with Crippen molar-refractivity contribution in [1.29, 1.82) is 0 Å². The number of amides is 7. The number of ketones is 2. The van der Waals surface area contributed by atoms with Gasteiger partial charge >= 0.3 is 30.2 Å². The van der Waals surface area contributed by atoms with E-state index in [9.17, 15) is 63.0 Å². The van der Waals surface area contributed by atoms with Crippen LogP contribution in [0.3, 0.4) is 0 Å². The fraction of sp³-hybridized carbons (Fsp3) is 0.653. The number of benzene rings is 3. The van der Waals surface area contributed by atoms with Crippen LogP contribution in [0.4, 0.5) is 15.3 Å². The lowest BCUT2D eigenvalue weighted by Gasteiger charge is -2.68. The molecule has 1 heterocycles. The number of hydrogen-bond acceptors (Lipinski definition) is 34. The minimum absolute atomic E-state index is 0.0261. The van der Waals surface area contributed by atoms with E-state index in [1.54, 1.807) is 85.2 Å². The molecule has 0 spiro atoms. The van der Waals surface area contributed by atoms with E-state index in [1.807, 2.05) is 0 Å². The standard InChI is InChI=1S/C95H139N7O34/c1-60(52-71(104)69(100-76(107)58-129-51-49-127-47-45-125-43-41-123-39-37-121-35-33-119-13)26-20-21-31-97-75(106)57-128-50-48-126-46-44-124-42-40-122-38-36-120-34-32-118-12)84(110)98-63(4)85(111)101-70(54-74(96)105)86(112)99-68-29-27-65(28-30-68)56-130-90(116)133-80(78(66-22-16-14-17-23-66)102-89(115)136-91(6,7)8)88(114)132-72-55-95(117)83(134-87(113)67-24-18-15-19-25-67)81-93(11,82(109)79(108)77(62(72)3)92(95,9)10)61(2)53-73-94(81,59-131-73)135-64(5)103/h14-19,22-25,27-30,60-61,63,69-70,72-73,78-81,83,108,117H,20-21,26,31-59H2,1-13H3,(H2,96,105)(H,97,106)(H,98,110)(H,99,112)(H,100,107)(H,101,111)(H,102,115)/t60-,61-,63+,69-,70+,72?,73?,78?,79+,80+,81-,83?,93+,94-,95+/m0/s1. The Bertz CT molecular complexity index is 4370. The summed E-state index contributed by atoms with van der Waals surface area (Å²) in [6, 6.07) is 15.4. The number of fused-ring (bicyclic) bond motifs is 5. The van der Waals surface area contributed by atoms with Crippen LogP contribution in [0, 0.1) is 28.6 Å². The van der Waals surface area contributed by atoms with Crippen molar-refractivity contribution < 1.29 is 163 Å². The van der Waals surface area contributed by atoms with E-state index in [-0.39, 0.29) is 106 Å². The molecular weight excluding hydrogens is 1780 g/mol. The number of alkyl carbamates (subject to hydrolysis) is 1. The first-order valence-electron chi connectivity index (χ1n) is 45.8. The Morgan fingerprint density at radius 2 is 1.13 bits per heavy atom. The molecule has 41 heteroatoms. The molecule has 4 unspecified atom stereocenters. The molecule has 41 nitrogen and oxygen atoms in total. The number of Topliss-reactive ketones (excluding diaryl/α,β-unsaturated/α-hetero) is 2. The third-order valence-electron chi connectivity index (χ3n) is 23.8. The third kappa shape index (κ3) is 34.5. The second-order valence-electron chi connectivity index (χ2n) is 35.3. The molecule has 3 aromatic rings. The number of unbranched alkanes of at least 4 members (excludes halogenated alkanes) is 1. The van der Waals surface area contributed by atoms with Crippen molar-refractivity contribution in [2.45, 2.75) is 199 Å². The molecule has 0 radical (unpaired) electrons. The van der Waals surface area contributed by atoms with Gasteiger partial charge in [0.2, 0.25) is 41.5 Å². The number of nitrogens with one attached hydrogen (secondary N) is 6. The maximum absolute atomic E-state index is 15.7. The van der Waals surface area contributed by atoms with Crippen LogP contribution in [0.2, 0.25) is 0 Å². The van der Waals surface area contributed by atoms with Crippen molar-refractivity contribution in [3.05, 3.63) is 113 Å². The summed E-state index contributed by atoms with van der Waals surface area (Å²) in [5.41, 5.74) is -2.68. The van der Waals surface area contributed by atoms with Crippen molar-refractivity contribution >= 4 is 82.9 Å². The summed E-state index contributed by atoms with van der Waals surface area (Å²) in [6.45, 7) is 22.0. The maximum Gasteiger partial charge on any atom is 0.509 e. The molecule has 7 rings (SSSR count). The minimum atomic E-state index is -2.46. The fourth-order valence-electron chi connectivity index (χ4n) is 16.5. The molecule has 0 aromatic heterocycles. The normalized spacial score (nSPS) is 21.7. The second kappa shape index (κ2) is 56.7. The highest BCUT2D eigenvalue weighted by Gasteiger charge is 2.77. The van der Waals surface area contributed by atoms with Gasteiger partial charge in [-0.05, 0) is 113 Å². The zero-order valence-electron chi connectivity index (χ0n) is 80.2. The number of primary amides is 1. The Hall–Kier alpha value is -10.1. The number of hydrogen-bond donors (Lipinski definition) is 9. The number of ether oxygens (including phenoxy) is 19. The number of carbonyl (C=O) groups excluding carboxylic acids is 13. The summed E-state index contributed by atoms with van der Waals surface area (Å²) in [5.74, 6) is -12.3. The van der Waals surface area contributed by atoms with E-state index in [2.05, 4.69) is 31.9 Å². The van der Waals surface area contributed by atoms with Gasteiger partial charge in [0.05, 0.1) is 163 Å². The van der Waals surface area contributed by atoms with Crippen molar-refractivity contribution in [2.24, 2.45) is 34.3 Å². The Morgan fingerprint density at radius 3 is 1.64 bits per heavy atom. The number of rotatable bonds is 62. The molecule has 2 saturated carbocycles. The van der Waals surface area contributed by atoms with Gasteiger partial charge in [-0.2, -0.15) is 0 Å². The molecule has 3 aliphatic carbocycles. The molecule has 4 aliphatic rings. The molecule has 10 N–H and O–H groups in total. The number of carbonyl (C=O) groups is 13. The third-order valence-corrected chi connectivity index (χ3v) is 23.8. The SMILES string of the molecule is COCCOCCOCCOCCOCCOCC(=O)NCCCC[C@H](NC(=O)COCCOCCOCCOCCOCCOC)C(=O)C[C@H](C)C(=O)N[C@H](C)C(=O)N[C@H](CC(N)=O)C(=O)Nc1ccc(COC(=O)O[C@@H](C(=O)OC2C[C@@]3(O)C(OC(=O)c4ccccc4)[C@H]4[C@](C)(C(=O)[C@H](O)C(=C2C)C3(C)C)[C@@H](C)CC2OC[C@]24OC(C)=O)C(NC(=O)OC(C)(C)C)c2ccccc2)cc1. The van der Waals surface area contributed by atoms with Crippen molar-refractivity contribution in [3.63, 3.8) is 0 Å². The van der Waals surface area contributed by atoms with Gasteiger partial charge in [0.15, 0.2) is 17.2 Å². The van der Waals surface area contributed by atoms with Crippen LogP contribution in [0.25, 0.3) is 0 Å². The smallest absolute Gasteiger partial charge is 0.455 e. The molecule has 1 aliphatic heterocycles. The summed E-state index contributed by atoms with van der Waals surface area (Å²) in [6.07, 6.45) is -12.0. The first-order valence-corrected chi connectivity index (χ1v) is 45.8. The average molecular weight is 1920 g/mol. The van der Waals surface area contributed by atoms with E-state index in [1.165, 1.54) is 90.1 Å². The molecular formula is C95H139N7O34. The molecule has 2 bridgehead atoms. The van der Waals surface area contributed by atoms with Gasteiger partial charge in [0.25, 0.3) is 0 Å². The Morgan fingerprint density at radius 1 is 0.610 bits per heavy atom. The van der Waals surface area contributed by atoms with Crippen LogP contribution in [-0.4, -0.2) is 326 Å². The monoisotopic (exact) mass is 1920 g/mol. The largest absolute Gasteiger partial charge is 0.509 e. The minimum Gasteiger partial charge on any atom is -0.455 e. The van der Waals surface area contributed by atoms with Crippen molar-refractivity contribution in [2.75, 3.05) is 178 Å². The van der Waals surface area contributed by atoms with E-state index < -0.39 is 210 Å². The number of nitrogens with two attached hydrogens (primary N) is 1. The van der Waals surface area contributed by atoms with Crippen LogP contribution < -0.4 is 37.6 Å². The predicted octanol–water partition coefficient (Wildman–Crippen LogP) is 4.52. The second-order valence-corrected chi connectivity index (χ2v) is 35.3.